The van der Waals surface area contributed by atoms with Gasteiger partial charge in [-0.2, -0.15) is 0 Å². The van der Waals surface area contributed by atoms with Crippen LogP contribution in [0.2, 0.25) is 0 Å². The van der Waals surface area contributed by atoms with E-state index in [0.29, 0.717) is 17.7 Å². The van der Waals surface area contributed by atoms with Crippen molar-refractivity contribution in [1.82, 2.24) is 5.16 Å². The second-order valence-electron chi connectivity index (χ2n) is 4.63. The monoisotopic (exact) mass is 232 g/mol. The number of anilines is 1. The molecule has 3 rings (SSSR count). The highest BCUT2D eigenvalue weighted by Crippen LogP contribution is 2.51. The van der Waals surface area contributed by atoms with Gasteiger partial charge in [-0.05, 0) is 30.0 Å². The maximum Gasteiger partial charge on any atom is 0.175 e. The fourth-order valence-corrected chi connectivity index (χ4v) is 2.16. The second kappa shape index (κ2) is 3.58. The highest BCUT2D eigenvalue weighted by atomic mass is 19.1. The molecule has 17 heavy (non-hydrogen) atoms. The van der Waals surface area contributed by atoms with Crippen LogP contribution in [-0.2, 0) is 0 Å². The zero-order valence-electron chi connectivity index (χ0n) is 9.48. The Bertz CT molecular complexity index is 547. The molecule has 1 fully saturated rings. The minimum Gasteiger partial charge on any atom is -0.380 e. The van der Waals surface area contributed by atoms with E-state index in [9.17, 15) is 4.39 Å². The van der Waals surface area contributed by atoms with Gasteiger partial charge in [-0.25, -0.2) is 4.39 Å². The number of hydrogen-bond acceptors (Lipinski definition) is 3. The lowest BCUT2D eigenvalue weighted by Gasteiger charge is -2.01. The summed E-state index contributed by atoms with van der Waals surface area (Å²) in [5.41, 5.74) is 7.50. The molecule has 1 aliphatic rings. The van der Waals surface area contributed by atoms with Crippen molar-refractivity contribution in [2.24, 2.45) is 5.92 Å². The summed E-state index contributed by atoms with van der Waals surface area (Å²) in [7, 11) is 0. The molecule has 0 spiro atoms. The summed E-state index contributed by atoms with van der Waals surface area (Å²) < 4.78 is 18.2. The summed E-state index contributed by atoms with van der Waals surface area (Å²) in [6.45, 7) is 2.16. The third kappa shape index (κ3) is 1.69. The van der Waals surface area contributed by atoms with Crippen molar-refractivity contribution in [3.05, 3.63) is 35.8 Å². The fraction of sp³-hybridized carbons (Fsp3) is 0.308. The zero-order chi connectivity index (χ0) is 12.0. The molecule has 0 bridgehead atoms. The molecule has 0 aliphatic heterocycles. The predicted molar refractivity (Wildman–Crippen MR) is 62.8 cm³/mol. The van der Waals surface area contributed by atoms with Crippen LogP contribution >= 0.6 is 0 Å². The standard InChI is InChI=1S/C13H13FN2O/c1-7-6-10(7)12-11(13(15)16-17-12)8-2-4-9(14)5-3-8/h2-5,7,10H,6H2,1H3,(H2,15,16). The van der Waals surface area contributed by atoms with E-state index < -0.39 is 0 Å². The Morgan fingerprint density at radius 3 is 2.59 bits per heavy atom. The zero-order valence-corrected chi connectivity index (χ0v) is 9.48. The number of nitrogen functional groups attached to an aromatic ring is 1. The van der Waals surface area contributed by atoms with Crippen molar-refractivity contribution in [2.45, 2.75) is 19.3 Å². The summed E-state index contributed by atoms with van der Waals surface area (Å²) in [6.07, 6.45) is 1.10. The third-order valence-corrected chi connectivity index (χ3v) is 3.32. The van der Waals surface area contributed by atoms with Gasteiger partial charge in [0.15, 0.2) is 5.82 Å². The van der Waals surface area contributed by atoms with Crippen molar-refractivity contribution in [3.63, 3.8) is 0 Å². The molecule has 2 N–H and O–H groups in total. The highest BCUT2D eigenvalue weighted by Gasteiger charge is 2.40. The first kappa shape index (κ1) is 10.3. The molecule has 1 heterocycles. The number of rotatable bonds is 2. The number of benzene rings is 1. The van der Waals surface area contributed by atoms with Crippen LogP contribution in [0.5, 0.6) is 0 Å². The predicted octanol–water partition coefficient (Wildman–Crippen LogP) is 3.19. The molecule has 0 amide bonds. The summed E-state index contributed by atoms with van der Waals surface area (Å²) in [5.74, 6) is 1.97. The molecular weight excluding hydrogens is 219 g/mol. The van der Waals surface area contributed by atoms with Gasteiger partial charge in [0.25, 0.3) is 0 Å². The smallest absolute Gasteiger partial charge is 0.175 e. The van der Waals surface area contributed by atoms with Crippen molar-refractivity contribution < 1.29 is 8.91 Å². The number of nitrogens with zero attached hydrogens (tertiary/aromatic N) is 1. The van der Waals surface area contributed by atoms with Crippen molar-refractivity contribution in [1.29, 1.82) is 0 Å². The Kier molecular flexibility index (Phi) is 2.18. The topological polar surface area (TPSA) is 52.0 Å². The maximum absolute atomic E-state index is 12.9. The number of halogens is 1. The van der Waals surface area contributed by atoms with Gasteiger partial charge in [0.2, 0.25) is 0 Å². The molecule has 2 aromatic rings. The number of nitrogens with two attached hydrogens (primary N) is 1. The first-order chi connectivity index (χ1) is 8.16. The SMILES string of the molecule is CC1CC1c1onc(N)c1-c1ccc(F)cc1. The van der Waals surface area contributed by atoms with Crippen LogP contribution in [0, 0.1) is 11.7 Å². The average molecular weight is 232 g/mol. The maximum atomic E-state index is 12.9. The molecule has 1 aliphatic carbocycles. The number of hydrogen-bond donors (Lipinski definition) is 1. The van der Waals surface area contributed by atoms with Crippen LogP contribution in [0.25, 0.3) is 11.1 Å². The van der Waals surface area contributed by atoms with E-state index in [2.05, 4.69) is 12.1 Å². The van der Waals surface area contributed by atoms with Crippen molar-refractivity contribution in [3.8, 4) is 11.1 Å². The van der Waals surface area contributed by atoms with E-state index in [4.69, 9.17) is 10.3 Å². The van der Waals surface area contributed by atoms with Gasteiger partial charge in [-0.3, -0.25) is 0 Å². The summed E-state index contributed by atoms with van der Waals surface area (Å²) in [6, 6.07) is 6.24. The second-order valence-corrected chi connectivity index (χ2v) is 4.63. The van der Waals surface area contributed by atoms with Gasteiger partial charge in [0.05, 0.1) is 5.56 Å². The van der Waals surface area contributed by atoms with E-state index in [0.717, 1.165) is 23.3 Å². The Labute approximate surface area is 98.4 Å². The van der Waals surface area contributed by atoms with Crippen LogP contribution in [0.3, 0.4) is 0 Å². The largest absolute Gasteiger partial charge is 0.380 e. The van der Waals surface area contributed by atoms with Crippen LogP contribution in [0.1, 0.15) is 25.0 Å². The lowest BCUT2D eigenvalue weighted by Crippen LogP contribution is -1.90. The molecule has 0 radical (unpaired) electrons. The first-order valence-electron chi connectivity index (χ1n) is 5.68. The van der Waals surface area contributed by atoms with Crippen molar-refractivity contribution in [2.75, 3.05) is 5.73 Å². The van der Waals surface area contributed by atoms with Gasteiger partial charge >= 0.3 is 0 Å². The lowest BCUT2D eigenvalue weighted by molar-refractivity contribution is 0.384. The highest BCUT2D eigenvalue weighted by molar-refractivity contribution is 5.76. The van der Waals surface area contributed by atoms with E-state index in [1.807, 2.05) is 0 Å². The molecule has 0 saturated heterocycles. The van der Waals surface area contributed by atoms with Crippen LogP contribution in [0.4, 0.5) is 10.2 Å². The molecule has 2 atom stereocenters. The van der Waals surface area contributed by atoms with E-state index in [-0.39, 0.29) is 5.82 Å². The minimum atomic E-state index is -0.259. The Hall–Kier alpha value is -1.84. The van der Waals surface area contributed by atoms with Gasteiger partial charge in [-0.1, -0.05) is 24.2 Å². The molecular formula is C13H13FN2O. The van der Waals surface area contributed by atoms with Crippen LogP contribution < -0.4 is 5.73 Å². The molecule has 1 aromatic carbocycles. The molecule has 88 valence electrons. The van der Waals surface area contributed by atoms with E-state index in [1.54, 1.807) is 12.1 Å². The normalized spacial score (nSPS) is 22.7. The minimum absolute atomic E-state index is 0.259. The van der Waals surface area contributed by atoms with Gasteiger partial charge in [-0.15, -0.1) is 0 Å². The molecule has 1 saturated carbocycles. The number of aromatic nitrogens is 1. The van der Waals surface area contributed by atoms with Crippen molar-refractivity contribution >= 4 is 5.82 Å². The van der Waals surface area contributed by atoms with E-state index >= 15 is 0 Å². The summed E-state index contributed by atoms with van der Waals surface area (Å²) >= 11 is 0. The molecule has 1 aromatic heterocycles. The quantitative estimate of drug-likeness (QED) is 0.865. The summed E-state index contributed by atoms with van der Waals surface area (Å²) in [4.78, 5) is 0. The molecule has 4 heteroatoms. The average Bonchev–Trinajstić information content (AvgIpc) is 2.90. The molecule has 3 nitrogen and oxygen atoms in total. The van der Waals surface area contributed by atoms with Gasteiger partial charge in [0, 0.05) is 5.92 Å². The Morgan fingerprint density at radius 1 is 1.35 bits per heavy atom. The van der Waals surface area contributed by atoms with Crippen LogP contribution in [0.15, 0.2) is 28.8 Å². The molecule has 2 unspecified atom stereocenters. The fourth-order valence-electron chi connectivity index (χ4n) is 2.16. The Morgan fingerprint density at radius 2 is 2.00 bits per heavy atom. The summed E-state index contributed by atoms with van der Waals surface area (Å²) in [5, 5.41) is 3.82. The van der Waals surface area contributed by atoms with Crippen LogP contribution in [-0.4, -0.2) is 5.16 Å². The van der Waals surface area contributed by atoms with Gasteiger partial charge < -0.3 is 10.3 Å². The third-order valence-electron chi connectivity index (χ3n) is 3.32. The lowest BCUT2D eigenvalue weighted by atomic mass is 10.0. The van der Waals surface area contributed by atoms with E-state index in [1.165, 1.54) is 12.1 Å². The first-order valence-corrected chi connectivity index (χ1v) is 5.68. The Balaban J connectivity index is 2.07. The van der Waals surface area contributed by atoms with Gasteiger partial charge in [0.1, 0.15) is 11.6 Å².